The van der Waals surface area contributed by atoms with E-state index >= 15 is 0 Å². The highest BCUT2D eigenvalue weighted by Gasteiger charge is 2.38. The number of aldehydes is 1. The summed E-state index contributed by atoms with van der Waals surface area (Å²) in [6.45, 7) is 5.56. The maximum atomic E-state index is 10.4. The lowest BCUT2D eigenvalue weighted by Crippen LogP contribution is -2.36. The third-order valence-corrected chi connectivity index (χ3v) is 2.16. The van der Waals surface area contributed by atoms with Gasteiger partial charge in [0.25, 0.3) is 0 Å². The monoisotopic (exact) mass is 188 g/mol. The smallest absolute Gasteiger partial charge is 0.163 e. The number of ether oxygens (including phenoxy) is 2. The van der Waals surface area contributed by atoms with Crippen molar-refractivity contribution in [3.8, 4) is 0 Å². The molecule has 3 atom stereocenters. The Kier molecular flexibility index (Phi) is 3.05. The van der Waals surface area contributed by atoms with E-state index in [-0.39, 0.29) is 0 Å². The zero-order chi connectivity index (χ0) is 10.1. The Bertz CT molecular complexity index is 190. The van der Waals surface area contributed by atoms with Gasteiger partial charge in [0.05, 0.1) is 12.7 Å². The molecule has 0 amide bonds. The number of carbonyl (C=O) groups is 1. The summed E-state index contributed by atoms with van der Waals surface area (Å²) in [7, 11) is 0. The van der Waals surface area contributed by atoms with Crippen LogP contribution in [-0.4, -0.2) is 36.0 Å². The SMILES string of the molecule is C[C@H](C=O)[C@H](O)[C@H]1COC(C)(C)O1. The molecule has 4 heteroatoms. The molecule has 0 saturated carbocycles. The lowest BCUT2D eigenvalue weighted by Gasteiger charge is -2.21. The van der Waals surface area contributed by atoms with Crippen molar-refractivity contribution in [2.24, 2.45) is 5.92 Å². The van der Waals surface area contributed by atoms with Crippen molar-refractivity contribution in [3.05, 3.63) is 0 Å². The largest absolute Gasteiger partial charge is 0.390 e. The van der Waals surface area contributed by atoms with Crippen molar-refractivity contribution in [1.82, 2.24) is 0 Å². The lowest BCUT2D eigenvalue weighted by atomic mass is 10.0. The van der Waals surface area contributed by atoms with Crippen LogP contribution in [-0.2, 0) is 14.3 Å². The zero-order valence-corrected chi connectivity index (χ0v) is 8.19. The maximum Gasteiger partial charge on any atom is 0.163 e. The first kappa shape index (κ1) is 10.6. The minimum absolute atomic E-state index is 0.340. The summed E-state index contributed by atoms with van der Waals surface area (Å²) in [4.78, 5) is 10.4. The van der Waals surface area contributed by atoms with Crippen LogP contribution in [0.5, 0.6) is 0 Å². The molecule has 0 unspecified atom stereocenters. The van der Waals surface area contributed by atoms with Crippen LogP contribution in [0.15, 0.2) is 0 Å². The Morgan fingerprint density at radius 2 is 2.23 bits per heavy atom. The minimum Gasteiger partial charge on any atom is -0.390 e. The molecular weight excluding hydrogens is 172 g/mol. The third kappa shape index (κ3) is 2.49. The molecule has 1 saturated heterocycles. The van der Waals surface area contributed by atoms with E-state index in [2.05, 4.69) is 0 Å². The van der Waals surface area contributed by atoms with Crippen LogP contribution in [0.25, 0.3) is 0 Å². The van der Waals surface area contributed by atoms with Gasteiger partial charge in [-0.15, -0.1) is 0 Å². The summed E-state index contributed by atoms with van der Waals surface area (Å²) < 4.78 is 10.7. The average molecular weight is 188 g/mol. The van der Waals surface area contributed by atoms with Gasteiger partial charge in [0.1, 0.15) is 12.4 Å². The van der Waals surface area contributed by atoms with Gasteiger partial charge in [-0.25, -0.2) is 0 Å². The second-order valence-electron chi connectivity index (χ2n) is 3.85. The fourth-order valence-electron chi connectivity index (χ4n) is 1.30. The van der Waals surface area contributed by atoms with Crippen molar-refractivity contribution in [2.75, 3.05) is 6.61 Å². The van der Waals surface area contributed by atoms with E-state index in [9.17, 15) is 9.90 Å². The van der Waals surface area contributed by atoms with Gasteiger partial charge in [-0.05, 0) is 13.8 Å². The molecule has 0 aliphatic carbocycles. The molecule has 1 aliphatic heterocycles. The molecule has 0 radical (unpaired) electrons. The van der Waals surface area contributed by atoms with Crippen LogP contribution in [0.1, 0.15) is 20.8 Å². The summed E-state index contributed by atoms with van der Waals surface area (Å²) in [6, 6.07) is 0. The number of carbonyl (C=O) groups excluding carboxylic acids is 1. The quantitative estimate of drug-likeness (QED) is 0.649. The Labute approximate surface area is 77.8 Å². The van der Waals surface area contributed by atoms with E-state index in [1.165, 1.54) is 0 Å². The van der Waals surface area contributed by atoms with E-state index in [0.29, 0.717) is 6.61 Å². The fraction of sp³-hybridized carbons (Fsp3) is 0.889. The molecule has 1 heterocycles. The molecule has 4 nitrogen and oxygen atoms in total. The van der Waals surface area contributed by atoms with E-state index in [0.717, 1.165) is 6.29 Å². The van der Waals surface area contributed by atoms with Gasteiger partial charge in [-0.1, -0.05) is 6.92 Å². The first-order valence-corrected chi connectivity index (χ1v) is 4.41. The maximum absolute atomic E-state index is 10.4. The first-order chi connectivity index (χ1) is 5.96. The highest BCUT2D eigenvalue weighted by atomic mass is 16.7. The molecule has 0 spiro atoms. The van der Waals surface area contributed by atoms with E-state index in [4.69, 9.17) is 9.47 Å². The molecule has 1 fully saturated rings. The van der Waals surface area contributed by atoms with E-state index in [1.54, 1.807) is 20.8 Å². The topological polar surface area (TPSA) is 55.8 Å². The Morgan fingerprint density at radius 1 is 1.62 bits per heavy atom. The Morgan fingerprint density at radius 3 is 2.62 bits per heavy atom. The predicted molar refractivity (Wildman–Crippen MR) is 46.1 cm³/mol. The van der Waals surface area contributed by atoms with Gasteiger partial charge in [-0.2, -0.15) is 0 Å². The summed E-state index contributed by atoms with van der Waals surface area (Å²) >= 11 is 0. The fourth-order valence-corrected chi connectivity index (χ4v) is 1.30. The van der Waals surface area contributed by atoms with E-state index in [1.807, 2.05) is 0 Å². The van der Waals surface area contributed by atoms with Crippen molar-refractivity contribution >= 4 is 6.29 Å². The van der Waals surface area contributed by atoms with Crippen LogP contribution >= 0.6 is 0 Å². The summed E-state index contributed by atoms with van der Waals surface area (Å²) in [5, 5.41) is 9.61. The molecule has 1 aliphatic rings. The van der Waals surface area contributed by atoms with Gasteiger partial charge in [-0.3, -0.25) is 0 Å². The van der Waals surface area contributed by atoms with Crippen molar-refractivity contribution in [2.45, 2.75) is 38.8 Å². The van der Waals surface area contributed by atoms with Crippen molar-refractivity contribution in [3.63, 3.8) is 0 Å². The van der Waals surface area contributed by atoms with Crippen LogP contribution in [0.4, 0.5) is 0 Å². The second-order valence-corrected chi connectivity index (χ2v) is 3.85. The molecule has 0 aromatic heterocycles. The average Bonchev–Trinajstić information content (AvgIpc) is 2.43. The normalized spacial score (nSPS) is 31.2. The summed E-state index contributed by atoms with van der Waals surface area (Å²) in [5.74, 6) is -1.06. The van der Waals surface area contributed by atoms with Crippen LogP contribution in [0, 0.1) is 5.92 Å². The molecule has 0 aromatic carbocycles. The van der Waals surface area contributed by atoms with Crippen molar-refractivity contribution in [1.29, 1.82) is 0 Å². The molecular formula is C9H16O4. The minimum atomic E-state index is -0.778. The number of rotatable bonds is 3. The van der Waals surface area contributed by atoms with Gasteiger partial charge in [0.15, 0.2) is 5.79 Å². The molecule has 0 bridgehead atoms. The number of hydrogen-bond donors (Lipinski definition) is 1. The summed E-state index contributed by atoms with van der Waals surface area (Å²) in [5.41, 5.74) is 0. The zero-order valence-electron chi connectivity index (χ0n) is 8.19. The van der Waals surface area contributed by atoms with Crippen LogP contribution < -0.4 is 0 Å². The molecule has 1 N–H and O–H groups in total. The van der Waals surface area contributed by atoms with Crippen LogP contribution in [0.3, 0.4) is 0 Å². The highest BCUT2D eigenvalue weighted by Crippen LogP contribution is 2.25. The number of hydrogen-bond acceptors (Lipinski definition) is 4. The third-order valence-electron chi connectivity index (χ3n) is 2.16. The summed E-state index contributed by atoms with van der Waals surface area (Å²) in [6.07, 6.45) is -0.450. The van der Waals surface area contributed by atoms with Gasteiger partial charge in [0, 0.05) is 5.92 Å². The van der Waals surface area contributed by atoms with Gasteiger partial charge in [0.2, 0.25) is 0 Å². The highest BCUT2D eigenvalue weighted by molar-refractivity contribution is 5.53. The Hall–Kier alpha value is -0.450. The molecule has 13 heavy (non-hydrogen) atoms. The number of aliphatic hydroxyl groups excluding tert-OH is 1. The van der Waals surface area contributed by atoms with Crippen molar-refractivity contribution < 1.29 is 19.4 Å². The Balaban J connectivity index is 2.51. The molecule has 1 rings (SSSR count). The van der Waals surface area contributed by atoms with Gasteiger partial charge >= 0.3 is 0 Å². The van der Waals surface area contributed by atoms with Crippen LogP contribution in [0.2, 0.25) is 0 Å². The molecule has 76 valence electrons. The standard InChI is InChI=1S/C9H16O4/c1-6(4-10)8(11)7-5-12-9(2,3)13-7/h4,6-8,11H,5H2,1-3H3/t6-,7-,8+/m1/s1. The molecule has 0 aromatic rings. The van der Waals surface area contributed by atoms with E-state index < -0.39 is 23.9 Å². The van der Waals surface area contributed by atoms with Gasteiger partial charge < -0.3 is 19.4 Å². The first-order valence-electron chi connectivity index (χ1n) is 4.41. The second kappa shape index (κ2) is 3.74. The number of aliphatic hydroxyl groups is 1. The lowest BCUT2D eigenvalue weighted by molar-refractivity contribution is -0.156. The predicted octanol–water partition coefficient (Wildman–Crippen LogP) is 0.334.